The Morgan fingerprint density at radius 3 is 1.96 bits per heavy atom. The van der Waals surface area contributed by atoms with Gasteiger partial charge in [0, 0.05) is 0 Å². The molecular weight excluding hydrogens is 542 g/mol. The van der Waals surface area contributed by atoms with E-state index in [2.05, 4.69) is 94.3 Å². The van der Waals surface area contributed by atoms with Crippen LogP contribution in [0.15, 0.2) is 0 Å². The minimum Gasteiger partial charge on any atom is -0.317 e. The van der Waals surface area contributed by atoms with Gasteiger partial charge in [0.25, 0.3) is 0 Å². The van der Waals surface area contributed by atoms with Gasteiger partial charge in [0.2, 0.25) is 0 Å². The molecule has 0 saturated heterocycles. The molecule has 1 nitrogen and oxygen atoms in total. The standard InChI is InChI=1S/C31H56.C9H21N.C2H6.C2H2/c1-20(2)22(4)10-11-23(5)25-12-13-26-28-24(6)19-29(7)18-21(3)14-17-31(29,9)27(28)15-16-30(25,26)8;1-3-5-7-9-10-8-6-4-2;2*1-2/h20-28H,10-19H2,1-9H3;10H,3-9H2,1-2H3;1-2H3;1-2H. The van der Waals surface area contributed by atoms with Crippen molar-refractivity contribution in [3.8, 4) is 12.8 Å². The van der Waals surface area contributed by atoms with E-state index in [0.29, 0.717) is 16.2 Å². The summed E-state index contributed by atoms with van der Waals surface area (Å²) in [4.78, 5) is 0. The maximum atomic E-state index is 4.00. The maximum Gasteiger partial charge on any atom is -0.00489 e. The molecule has 4 rings (SSSR count). The molecule has 0 aromatic carbocycles. The van der Waals surface area contributed by atoms with Crippen LogP contribution in [0.5, 0.6) is 0 Å². The highest BCUT2D eigenvalue weighted by atomic mass is 14.8. The van der Waals surface area contributed by atoms with Crippen LogP contribution in [0.3, 0.4) is 0 Å². The minimum absolute atomic E-state index is 0.595. The third-order valence-corrected chi connectivity index (χ3v) is 14.6. The van der Waals surface area contributed by atoms with Crippen molar-refractivity contribution in [2.24, 2.45) is 69.5 Å². The van der Waals surface area contributed by atoms with Crippen LogP contribution in [0.25, 0.3) is 0 Å². The number of rotatable bonds is 12. The normalized spacial score (nSPS) is 38.0. The highest BCUT2D eigenvalue weighted by Crippen LogP contribution is 2.72. The number of fused-ring (bicyclic) bond motifs is 5. The highest BCUT2D eigenvalue weighted by molar-refractivity contribution is 5.13. The number of unbranched alkanes of at least 4 members (excludes halogenated alkanes) is 3. The van der Waals surface area contributed by atoms with Crippen LogP contribution in [0.4, 0.5) is 0 Å². The number of terminal acetylenes is 1. The monoisotopic (exact) mass is 628 g/mol. The van der Waals surface area contributed by atoms with Crippen molar-refractivity contribution < 1.29 is 0 Å². The van der Waals surface area contributed by atoms with Crippen molar-refractivity contribution in [3.05, 3.63) is 0 Å². The molecule has 45 heavy (non-hydrogen) atoms. The lowest BCUT2D eigenvalue weighted by atomic mass is 9.38. The number of hydrogen-bond acceptors (Lipinski definition) is 1. The van der Waals surface area contributed by atoms with Gasteiger partial charge >= 0.3 is 0 Å². The van der Waals surface area contributed by atoms with E-state index >= 15 is 0 Å². The summed E-state index contributed by atoms with van der Waals surface area (Å²) in [7, 11) is 0. The second-order valence-electron chi connectivity index (χ2n) is 17.6. The maximum absolute atomic E-state index is 4.00. The third-order valence-electron chi connectivity index (χ3n) is 14.6. The van der Waals surface area contributed by atoms with Crippen LogP contribution >= 0.6 is 0 Å². The molecule has 4 fully saturated rings. The molecule has 1 N–H and O–H groups in total. The van der Waals surface area contributed by atoms with Crippen molar-refractivity contribution in [3.63, 3.8) is 0 Å². The van der Waals surface area contributed by atoms with E-state index in [1.165, 1.54) is 103 Å². The van der Waals surface area contributed by atoms with E-state index in [4.69, 9.17) is 0 Å². The molecule has 0 amide bonds. The Bertz CT molecular complexity index is 790. The average molecular weight is 628 g/mol. The molecule has 0 aromatic rings. The van der Waals surface area contributed by atoms with Gasteiger partial charge < -0.3 is 5.32 Å². The molecule has 11 unspecified atom stereocenters. The lowest BCUT2D eigenvalue weighted by Crippen LogP contribution is -2.60. The Hall–Kier alpha value is -0.480. The molecule has 4 aliphatic carbocycles. The van der Waals surface area contributed by atoms with Gasteiger partial charge in [-0.1, -0.05) is 129 Å². The van der Waals surface area contributed by atoms with Gasteiger partial charge in [-0.2, -0.15) is 0 Å². The Balaban J connectivity index is 0.000000615. The summed E-state index contributed by atoms with van der Waals surface area (Å²) in [6, 6.07) is 0. The fraction of sp³-hybridized carbons (Fsp3) is 0.955. The first-order valence-electron chi connectivity index (χ1n) is 20.4. The summed E-state index contributed by atoms with van der Waals surface area (Å²) < 4.78 is 0. The van der Waals surface area contributed by atoms with E-state index in [0.717, 1.165) is 53.3 Å². The first-order valence-corrected chi connectivity index (χ1v) is 20.4. The zero-order chi connectivity index (χ0) is 34.4. The van der Waals surface area contributed by atoms with Crippen molar-refractivity contribution in [2.75, 3.05) is 13.1 Å². The predicted octanol–water partition coefficient (Wildman–Crippen LogP) is 13.5. The molecule has 4 aliphatic rings. The SMILES string of the molecule is C#C.CC.CC1CCC2(C)C3CCC4(C)C(C(C)CCC(C)C(C)C)CCC4C3C(C)CC2(C)C1.CCCCCNCCCC. The van der Waals surface area contributed by atoms with E-state index < -0.39 is 0 Å². The van der Waals surface area contributed by atoms with Gasteiger partial charge in [0.05, 0.1) is 0 Å². The molecule has 0 bridgehead atoms. The summed E-state index contributed by atoms with van der Waals surface area (Å²) in [5, 5.41) is 3.42. The lowest BCUT2D eigenvalue weighted by molar-refractivity contribution is -0.182. The summed E-state index contributed by atoms with van der Waals surface area (Å²) in [6.07, 6.45) is 29.7. The largest absolute Gasteiger partial charge is 0.317 e. The highest BCUT2D eigenvalue weighted by Gasteiger charge is 2.64. The first kappa shape index (κ1) is 42.5. The number of hydrogen-bond donors (Lipinski definition) is 1. The fourth-order valence-electron chi connectivity index (χ4n) is 11.4. The summed E-state index contributed by atoms with van der Waals surface area (Å²) >= 11 is 0. The second-order valence-corrected chi connectivity index (χ2v) is 17.6. The molecule has 1 heteroatoms. The molecule has 4 saturated carbocycles. The zero-order valence-electron chi connectivity index (χ0n) is 33.4. The third kappa shape index (κ3) is 10.3. The van der Waals surface area contributed by atoms with Gasteiger partial charge in [0.1, 0.15) is 0 Å². The van der Waals surface area contributed by atoms with Gasteiger partial charge in [-0.15, -0.1) is 12.8 Å². The van der Waals surface area contributed by atoms with Gasteiger partial charge in [0.15, 0.2) is 0 Å². The Morgan fingerprint density at radius 1 is 0.733 bits per heavy atom. The first-order chi connectivity index (χ1) is 21.3. The summed E-state index contributed by atoms with van der Waals surface area (Å²) in [5.74, 6) is 8.53. The van der Waals surface area contributed by atoms with Crippen LogP contribution in [-0.2, 0) is 0 Å². The molecule has 0 aromatic heterocycles. The molecule has 0 aliphatic heterocycles. The topological polar surface area (TPSA) is 12.0 Å². The van der Waals surface area contributed by atoms with Crippen LogP contribution in [0.1, 0.15) is 186 Å². The Kier molecular flexibility index (Phi) is 19.0. The summed E-state index contributed by atoms with van der Waals surface area (Å²) in [6.45, 7) is 34.3. The minimum atomic E-state index is 0.595. The van der Waals surface area contributed by atoms with Crippen molar-refractivity contribution >= 4 is 0 Å². The molecular formula is C44H85N. The van der Waals surface area contributed by atoms with Crippen LogP contribution < -0.4 is 5.32 Å². The smallest absolute Gasteiger partial charge is 0.00489 e. The van der Waals surface area contributed by atoms with Crippen LogP contribution in [-0.4, -0.2) is 13.1 Å². The van der Waals surface area contributed by atoms with Crippen molar-refractivity contribution in [2.45, 2.75) is 186 Å². The van der Waals surface area contributed by atoms with E-state index in [-0.39, 0.29) is 0 Å². The van der Waals surface area contributed by atoms with E-state index in [9.17, 15) is 0 Å². The molecule has 0 radical (unpaired) electrons. The van der Waals surface area contributed by atoms with Crippen LogP contribution in [0, 0.1) is 82.4 Å². The average Bonchev–Trinajstić information content (AvgIpc) is 3.38. The fourth-order valence-corrected chi connectivity index (χ4v) is 11.4. The summed E-state index contributed by atoms with van der Waals surface area (Å²) in [5.41, 5.74) is 1.83. The number of nitrogens with one attached hydrogen (secondary N) is 1. The molecule has 266 valence electrons. The molecule has 0 heterocycles. The van der Waals surface area contributed by atoms with Crippen molar-refractivity contribution in [1.29, 1.82) is 0 Å². The van der Waals surface area contributed by atoms with Gasteiger partial charge in [-0.25, -0.2) is 0 Å². The van der Waals surface area contributed by atoms with Crippen molar-refractivity contribution in [1.82, 2.24) is 5.32 Å². The lowest BCUT2D eigenvalue weighted by Gasteiger charge is -2.67. The van der Waals surface area contributed by atoms with Gasteiger partial charge in [-0.3, -0.25) is 0 Å². The van der Waals surface area contributed by atoms with Crippen LogP contribution in [0.2, 0.25) is 0 Å². The Labute approximate surface area is 286 Å². The van der Waals surface area contributed by atoms with E-state index in [1.54, 1.807) is 6.42 Å². The molecule has 0 spiro atoms. The Morgan fingerprint density at radius 2 is 1.36 bits per heavy atom. The molecule has 11 atom stereocenters. The van der Waals surface area contributed by atoms with E-state index in [1.807, 2.05) is 13.8 Å². The predicted molar refractivity (Wildman–Crippen MR) is 204 cm³/mol. The second kappa shape index (κ2) is 20.1. The quantitative estimate of drug-likeness (QED) is 0.168. The zero-order valence-corrected chi connectivity index (χ0v) is 33.4. The van der Waals surface area contributed by atoms with Gasteiger partial charge in [-0.05, 0) is 140 Å².